The number of cyclic esters (lactones) is 1. The van der Waals surface area contributed by atoms with Crippen molar-refractivity contribution in [1.82, 2.24) is 4.90 Å². The summed E-state index contributed by atoms with van der Waals surface area (Å²) in [6, 6.07) is -0.561. The molecule has 0 aromatic carbocycles. The average molecular weight is 749 g/mol. The zero-order chi connectivity index (χ0) is 39.3. The number of nitrogens with two attached hydrogens (primary N) is 1. The minimum absolute atomic E-state index is 0.135. The van der Waals surface area contributed by atoms with E-state index in [2.05, 4.69) is 0 Å². The number of ether oxygens (including phenoxy) is 6. The zero-order valence-corrected chi connectivity index (χ0v) is 33.6. The molecule has 1 unspecified atom stereocenters. The first kappa shape index (κ1) is 45.4. The summed E-state index contributed by atoms with van der Waals surface area (Å²) in [6.07, 6.45) is -6.81. The number of methoxy groups -OCH3 is 1. The number of aliphatic hydroxyl groups excluding tert-OH is 3. The number of hydrogen-bond donors (Lipinski definition) is 6. The van der Waals surface area contributed by atoms with E-state index in [1.807, 2.05) is 32.6 Å². The number of carbonyl (C=O) groups is 1. The van der Waals surface area contributed by atoms with Crippen LogP contribution in [0.4, 0.5) is 0 Å². The lowest BCUT2D eigenvalue weighted by molar-refractivity contribution is -0.314. The molecule has 0 saturated carbocycles. The Kier molecular flexibility index (Phi) is 16.4. The van der Waals surface area contributed by atoms with Crippen molar-refractivity contribution in [2.75, 3.05) is 26.7 Å². The van der Waals surface area contributed by atoms with Crippen LogP contribution in [0.3, 0.4) is 0 Å². The van der Waals surface area contributed by atoms with Crippen LogP contribution in [0.25, 0.3) is 0 Å². The van der Waals surface area contributed by atoms with E-state index in [4.69, 9.17) is 34.2 Å². The molecule has 0 aromatic rings. The molecule has 3 aliphatic rings. The van der Waals surface area contributed by atoms with Gasteiger partial charge in [0.1, 0.15) is 30.0 Å². The molecule has 14 heteroatoms. The standard InChI is InChI=1S/C38H72N2O12/c1-12-28-38(10,46)31(42)25(6)40(17-13-16-39)20-21(2)18-36(8,45)33(52-35-27(41)15-14-22(3)48-35)23(4)30(24(5)34(44)50-28)51-29-19-37(9,47-11)32(43)26(7)49-29/h21-33,35,41-43,45-46H,12-20,39H2,1-11H3/t21-,22-,23+,24-,25-,26+,27-,28-,29+,30+,31-,32+,33-,35+,36?,37-,38-/m1/s1. The van der Waals surface area contributed by atoms with Crippen molar-refractivity contribution < 1.29 is 58.7 Å². The molecule has 306 valence electrons. The number of carbonyl (C=O) groups excluding carboxylic acids is 1. The topological polar surface area (TPSA) is 203 Å². The molecule has 0 bridgehead atoms. The van der Waals surface area contributed by atoms with Crippen molar-refractivity contribution in [1.29, 1.82) is 0 Å². The van der Waals surface area contributed by atoms with Gasteiger partial charge < -0.3 is 59.7 Å². The maximum atomic E-state index is 14.2. The third-order valence-corrected chi connectivity index (χ3v) is 12.0. The summed E-state index contributed by atoms with van der Waals surface area (Å²) in [7, 11) is 1.51. The first-order valence-corrected chi connectivity index (χ1v) is 19.4. The summed E-state index contributed by atoms with van der Waals surface area (Å²) in [6.45, 7) is 19.0. The van der Waals surface area contributed by atoms with Crippen molar-refractivity contribution in [3.63, 3.8) is 0 Å². The van der Waals surface area contributed by atoms with Crippen molar-refractivity contribution in [2.45, 2.75) is 192 Å². The van der Waals surface area contributed by atoms with Gasteiger partial charge in [0, 0.05) is 32.0 Å². The highest BCUT2D eigenvalue weighted by Gasteiger charge is 2.52. The number of hydrogen-bond acceptors (Lipinski definition) is 14. The lowest BCUT2D eigenvalue weighted by Gasteiger charge is -2.48. The lowest BCUT2D eigenvalue weighted by atomic mass is 9.77. The smallest absolute Gasteiger partial charge is 0.311 e. The van der Waals surface area contributed by atoms with E-state index < -0.39 is 96.0 Å². The van der Waals surface area contributed by atoms with Gasteiger partial charge in [0.15, 0.2) is 12.6 Å². The van der Waals surface area contributed by atoms with Crippen LogP contribution >= 0.6 is 0 Å². The molecule has 0 aromatic heterocycles. The molecule has 52 heavy (non-hydrogen) atoms. The van der Waals surface area contributed by atoms with E-state index in [1.165, 1.54) is 14.0 Å². The van der Waals surface area contributed by atoms with Crippen LogP contribution in [0.5, 0.6) is 0 Å². The van der Waals surface area contributed by atoms with Crippen molar-refractivity contribution in [3.05, 3.63) is 0 Å². The summed E-state index contributed by atoms with van der Waals surface area (Å²) < 4.78 is 37.3. The van der Waals surface area contributed by atoms with Gasteiger partial charge >= 0.3 is 5.97 Å². The second-order valence-electron chi connectivity index (χ2n) is 16.8. The van der Waals surface area contributed by atoms with Gasteiger partial charge in [0.05, 0.1) is 41.5 Å². The van der Waals surface area contributed by atoms with Crippen LogP contribution in [-0.2, 0) is 33.2 Å². The molecule has 3 rings (SSSR count). The third-order valence-electron chi connectivity index (χ3n) is 12.0. The van der Waals surface area contributed by atoms with Crippen LogP contribution in [0.15, 0.2) is 0 Å². The molecule has 3 saturated heterocycles. The molecule has 0 radical (unpaired) electrons. The predicted molar refractivity (Wildman–Crippen MR) is 194 cm³/mol. The largest absolute Gasteiger partial charge is 0.459 e. The van der Waals surface area contributed by atoms with Crippen molar-refractivity contribution >= 4 is 5.97 Å². The molecular weight excluding hydrogens is 676 g/mol. The molecule has 3 heterocycles. The van der Waals surface area contributed by atoms with Crippen LogP contribution in [0.1, 0.15) is 108 Å². The van der Waals surface area contributed by atoms with Crippen molar-refractivity contribution in [3.8, 4) is 0 Å². The SMILES string of the molecule is CC[C@H]1OC(=O)[C@H](C)[C@@H](O[C@H]2C[C@@](C)(OC)[C@@H](O)[C@H](C)O2)[C@H](C)[C@@H](O[C@@H]2O[C@H](C)CC[C@H]2O)C(C)(O)C[C@@H](C)CN(CCCN)[C@H](C)[C@@H](O)[C@]1(C)O. The Morgan fingerprint density at radius 2 is 1.60 bits per heavy atom. The maximum Gasteiger partial charge on any atom is 0.311 e. The molecule has 0 amide bonds. The van der Waals surface area contributed by atoms with Crippen molar-refractivity contribution in [2.24, 2.45) is 23.5 Å². The molecule has 7 N–H and O–H groups in total. The minimum Gasteiger partial charge on any atom is -0.459 e. The molecule has 0 spiro atoms. The second kappa shape index (κ2) is 18.8. The van der Waals surface area contributed by atoms with Crippen LogP contribution in [0.2, 0.25) is 0 Å². The lowest BCUT2D eigenvalue weighted by Crippen LogP contribution is -2.60. The Bertz CT molecular complexity index is 1110. The fourth-order valence-electron chi connectivity index (χ4n) is 8.59. The normalized spacial score (nSPS) is 48.1. The summed E-state index contributed by atoms with van der Waals surface area (Å²) in [4.78, 5) is 16.3. The molecule has 0 aliphatic carbocycles. The summed E-state index contributed by atoms with van der Waals surface area (Å²) >= 11 is 0. The van der Waals surface area contributed by atoms with Gasteiger partial charge in [0.2, 0.25) is 0 Å². The summed E-state index contributed by atoms with van der Waals surface area (Å²) in [5.41, 5.74) is 1.50. The molecule has 14 nitrogen and oxygen atoms in total. The van der Waals surface area contributed by atoms with E-state index in [9.17, 15) is 30.3 Å². The average Bonchev–Trinajstić information content (AvgIpc) is 3.08. The van der Waals surface area contributed by atoms with E-state index >= 15 is 0 Å². The zero-order valence-electron chi connectivity index (χ0n) is 33.6. The Balaban J connectivity index is 2.17. The predicted octanol–water partition coefficient (Wildman–Crippen LogP) is 2.08. The van der Waals surface area contributed by atoms with Crippen LogP contribution in [0, 0.1) is 17.8 Å². The highest BCUT2D eigenvalue weighted by Crippen LogP contribution is 2.40. The van der Waals surface area contributed by atoms with Gasteiger partial charge in [0.25, 0.3) is 0 Å². The second-order valence-corrected chi connectivity index (χ2v) is 16.8. The van der Waals surface area contributed by atoms with Gasteiger partial charge in [-0.2, -0.15) is 0 Å². The fourth-order valence-corrected chi connectivity index (χ4v) is 8.59. The molecular formula is C38H72N2O12. The fraction of sp³-hybridized carbons (Fsp3) is 0.974. The highest BCUT2D eigenvalue weighted by molar-refractivity contribution is 5.73. The Labute approximate surface area is 311 Å². The van der Waals surface area contributed by atoms with E-state index in [0.29, 0.717) is 38.9 Å². The van der Waals surface area contributed by atoms with Gasteiger partial charge in [-0.05, 0) is 99.6 Å². The number of rotatable bonds is 9. The van der Waals surface area contributed by atoms with E-state index in [1.54, 1.807) is 34.6 Å². The summed E-state index contributed by atoms with van der Waals surface area (Å²) in [5, 5.41) is 58.0. The van der Waals surface area contributed by atoms with Gasteiger partial charge in [-0.1, -0.05) is 20.8 Å². The quantitative estimate of drug-likeness (QED) is 0.187. The minimum atomic E-state index is -1.82. The maximum absolute atomic E-state index is 14.2. The third kappa shape index (κ3) is 10.6. The molecule has 3 aliphatic heterocycles. The van der Waals surface area contributed by atoms with Gasteiger partial charge in [-0.15, -0.1) is 0 Å². The number of nitrogens with zero attached hydrogens (tertiary/aromatic N) is 1. The Morgan fingerprint density at radius 1 is 0.942 bits per heavy atom. The number of aliphatic hydroxyl groups is 5. The first-order chi connectivity index (χ1) is 24.1. The van der Waals surface area contributed by atoms with E-state index in [0.717, 1.165) is 0 Å². The highest BCUT2D eigenvalue weighted by atomic mass is 16.7. The Hall–Kier alpha value is -1.01. The van der Waals surface area contributed by atoms with Crippen LogP contribution in [-0.4, -0.2) is 147 Å². The molecule has 3 fully saturated rings. The molecule has 17 atom stereocenters. The van der Waals surface area contributed by atoms with Gasteiger partial charge in [-0.25, -0.2) is 0 Å². The van der Waals surface area contributed by atoms with Crippen LogP contribution < -0.4 is 5.73 Å². The Morgan fingerprint density at radius 3 is 2.19 bits per heavy atom. The number of esters is 1. The van der Waals surface area contributed by atoms with Gasteiger partial charge in [-0.3, -0.25) is 9.69 Å². The summed E-state index contributed by atoms with van der Waals surface area (Å²) in [5.74, 6) is -2.59. The first-order valence-electron chi connectivity index (χ1n) is 19.4. The van der Waals surface area contributed by atoms with E-state index in [-0.39, 0.29) is 31.3 Å². The monoisotopic (exact) mass is 749 g/mol.